The van der Waals surface area contributed by atoms with E-state index in [0.29, 0.717) is 12.1 Å². The summed E-state index contributed by atoms with van der Waals surface area (Å²) in [5, 5.41) is 3.74. The zero-order valence-corrected chi connectivity index (χ0v) is 12.1. The van der Waals surface area contributed by atoms with Gasteiger partial charge in [-0.05, 0) is 57.7 Å². The van der Waals surface area contributed by atoms with Crippen molar-refractivity contribution in [1.29, 1.82) is 0 Å². The third-order valence-corrected chi connectivity index (χ3v) is 4.67. The molecule has 2 atom stereocenters. The summed E-state index contributed by atoms with van der Waals surface area (Å²) in [5.74, 6) is 0. The van der Waals surface area contributed by atoms with Gasteiger partial charge in [0.05, 0.1) is 5.69 Å². The number of nitrogens with zero attached hydrogens (tertiary/aromatic N) is 2. The third-order valence-electron chi connectivity index (χ3n) is 4.67. The van der Waals surface area contributed by atoms with Crippen LogP contribution in [0.15, 0.2) is 18.3 Å². The minimum Gasteiger partial charge on any atom is -0.307 e. The largest absolute Gasteiger partial charge is 0.307 e. The Labute approximate surface area is 116 Å². The first-order chi connectivity index (χ1) is 9.25. The van der Waals surface area contributed by atoms with E-state index >= 15 is 0 Å². The highest BCUT2D eigenvalue weighted by Crippen LogP contribution is 2.29. The molecule has 3 nitrogen and oxygen atoms in total. The normalized spacial score (nSPS) is 24.3. The summed E-state index contributed by atoms with van der Waals surface area (Å²) in [6.45, 7) is 3.39. The molecule has 0 aliphatic heterocycles. The average Bonchev–Trinajstić information content (AvgIpc) is 3.28. The summed E-state index contributed by atoms with van der Waals surface area (Å²) in [5.41, 5.74) is 2.73. The second kappa shape index (κ2) is 5.59. The van der Waals surface area contributed by atoms with Crippen LogP contribution < -0.4 is 5.32 Å². The molecule has 104 valence electrons. The van der Waals surface area contributed by atoms with E-state index in [2.05, 4.69) is 41.3 Å². The van der Waals surface area contributed by atoms with Crippen molar-refractivity contribution in [3.8, 4) is 0 Å². The lowest BCUT2D eigenvalue weighted by Gasteiger charge is -2.29. The zero-order valence-electron chi connectivity index (χ0n) is 12.1. The number of nitrogens with one attached hydrogen (secondary N) is 1. The van der Waals surface area contributed by atoms with Gasteiger partial charge in [-0.3, -0.25) is 9.88 Å². The first-order valence-electron chi connectivity index (χ1n) is 7.65. The molecule has 2 unspecified atom stereocenters. The lowest BCUT2D eigenvalue weighted by atomic mass is 9.92. The topological polar surface area (TPSA) is 28.2 Å². The fourth-order valence-corrected chi connectivity index (χ4v) is 3.11. The predicted molar refractivity (Wildman–Crippen MR) is 78.2 cm³/mol. The van der Waals surface area contributed by atoms with Gasteiger partial charge in [0, 0.05) is 30.9 Å². The van der Waals surface area contributed by atoms with Gasteiger partial charge >= 0.3 is 0 Å². The number of hydrogen-bond acceptors (Lipinski definition) is 3. The van der Waals surface area contributed by atoms with E-state index in [4.69, 9.17) is 0 Å². The fourth-order valence-electron chi connectivity index (χ4n) is 3.11. The van der Waals surface area contributed by atoms with Crippen LogP contribution in [-0.2, 0) is 6.42 Å². The van der Waals surface area contributed by atoms with Crippen LogP contribution in [0.5, 0.6) is 0 Å². The van der Waals surface area contributed by atoms with Crippen LogP contribution in [0, 0.1) is 0 Å². The molecule has 1 aromatic heterocycles. The van der Waals surface area contributed by atoms with Crippen molar-refractivity contribution >= 4 is 0 Å². The van der Waals surface area contributed by atoms with E-state index in [1.807, 2.05) is 6.20 Å². The highest BCUT2D eigenvalue weighted by molar-refractivity contribution is 5.25. The Morgan fingerprint density at radius 3 is 3.05 bits per heavy atom. The van der Waals surface area contributed by atoms with Crippen molar-refractivity contribution in [2.75, 3.05) is 13.6 Å². The summed E-state index contributed by atoms with van der Waals surface area (Å²) >= 11 is 0. The van der Waals surface area contributed by atoms with Gasteiger partial charge in [0.15, 0.2) is 0 Å². The van der Waals surface area contributed by atoms with Crippen LogP contribution in [0.3, 0.4) is 0 Å². The second-order valence-corrected chi connectivity index (χ2v) is 6.15. The first kappa shape index (κ1) is 13.1. The number of likely N-dealkylation sites (N-methyl/N-ethyl adjacent to an activating group) is 1. The van der Waals surface area contributed by atoms with Crippen molar-refractivity contribution in [2.24, 2.45) is 0 Å². The van der Waals surface area contributed by atoms with Crippen molar-refractivity contribution in [2.45, 2.75) is 57.2 Å². The van der Waals surface area contributed by atoms with Gasteiger partial charge in [0.25, 0.3) is 0 Å². The summed E-state index contributed by atoms with van der Waals surface area (Å²) in [7, 11) is 2.26. The van der Waals surface area contributed by atoms with Crippen LogP contribution in [-0.4, -0.2) is 35.6 Å². The fraction of sp³-hybridized carbons (Fsp3) is 0.688. The van der Waals surface area contributed by atoms with Gasteiger partial charge in [0.1, 0.15) is 0 Å². The molecule has 19 heavy (non-hydrogen) atoms. The standard InChI is InChI=1S/C16H25N3/c1-12(19(2)14-8-9-14)11-18-15-7-3-5-13-6-4-10-17-16(13)15/h4,6,10,12,14-15,18H,3,5,7-9,11H2,1-2H3. The molecule has 1 saturated carbocycles. The number of aryl methyl sites for hydroxylation is 1. The molecule has 3 rings (SSSR count). The van der Waals surface area contributed by atoms with Crippen molar-refractivity contribution in [3.63, 3.8) is 0 Å². The molecule has 1 N–H and O–H groups in total. The predicted octanol–water partition coefficient (Wildman–Crippen LogP) is 2.53. The quantitative estimate of drug-likeness (QED) is 0.881. The number of pyridine rings is 1. The van der Waals surface area contributed by atoms with E-state index < -0.39 is 0 Å². The van der Waals surface area contributed by atoms with Crippen LogP contribution in [0.1, 0.15) is 49.9 Å². The SMILES string of the molecule is CC(CNC1CCCc2cccnc21)N(C)C1CC1. The third kappa shape index (κ3) is 2.98. The maximum absolute atomic E-state index is 4.59. The summed E-state index contributed by atoms with van der Waals surface area (Å²) in [4.78, 5) is 7.12. The van der Waals surface area contributed by atoms with Gasteiger partial charge in [-0.25, -0.2) is 0 Å². The van der Waals surface area contributed by atoms with Gasteiger partial charge < -0.3 is 5.32 Å². The van der Waals surface area contributed by atoms with Gasteiger partial charge in [0.2, 0.25) is 0 Å². The Balaban J connectivity index is 1.58. The van der Waals surface area contributed by atoms with Crippen molar-refractivity contribution < 1.29 is 0 Å². The van der Waals surface area contributed by atoms with Crippen LogP contribution in [0.4, 0.5) is 0 Å². The Hall–Kier alpha value is -0.930. The number of rotatable bonds is 5. The van der Waals surface area contributed by atoms with E-state index in [0.717, 1.165) is 12.6 Å². The molecule has 0 bridgehead atoms. The minimum atomic E-state index is 0.458. The van der Waals surface area contributed by atoms with Gasteiger partial charge in [-0.2, -0.15) is 0 Å². The van der Waals surface area contributed by atoms with Crippen LogP contribution in [0.2, 0.25) is 0 Å². The van der Waals surface area contributed by atoms with E-state index in [-0.39, 0.29) is 0 Å². The molecule has 1 heterocycles. The second-order valence-electron chi connectivity index (χ2n) is 6.15. The Morgan fingerprint density at radius 1 is 1.42 bits per heavy atom. The molecule has 2 aliphatic carbocycles. The summed E-state index contributed by atoms with van der Waals surface area (Å²) in [6.07, 6.45) is 8.40. The van der Waals surface area contributed by atoms with Crippen LogP contribution >= 0.6 is 0 Å². The van der Waals surface area contributed by atoms with Crippen molar-refractivity contribution in [1.82, 2.24) is 15.2 Å². The van der Waals surface area contributed by atoms with E-state index in [9.17, 15) is 0 Å². The highest BCUT2D eigenvalue weighted by Gasteiger charge is 2.29. The molecular formula is C16H25N3. The number of fused-ring (bicyclic) bond motifs is 1. The Morgan fingerprint density at radius 2 is 2.26 bits per heavy atom. The molecule has 1 fully saturated rings. The van der Waals surface area contributed by atoms with Crippen LogP contribution in [0.25, 0.3) is 0 Å². The molecule has 0 aromatic carbocycles. The minimum absolute atomic E-state index is 0.458. The molecule has 0 spiro atoms. The summed E-state index contributed by atoms with van der Waals surface area (Å²) < 4.78 is 0. The molecular weight excluding hydrogens is 234 g/mol. The average molecular weight is 259 g/mol. The molecule has 0 amide bonds. The Bertz CT molecular complexity index is 428. The maximum Gasteiger partial charge on any atom is 0.0605 e. The molecule has 0 saturated heterocycles. The first-order valence-corrected chi connectivity index (χ1v) is 7.65. The summed E-state index contributed by atoms with van der Waals surface area (Å²) in [6, 6.07) is 6.20. The van der Waals surface area contributed by atoms with E-state index in [1.165, 1.54) is 43.4 Å². The lowest BCUT2D eigenvalue weighted by molar-refractivity contribution is 0.232. The molecule has 3 heteroatoms. The lowest BCUT2D eigenvalue weighted by Crippen LogP contribution is -2.41. The monoisotopic (exact) mass is 259 g/mol. The molecule has 1 aromatic rings. The number of aromatic nitrogens is 1. The smallest absolute Gasteiger partial charge is 0.0605 e. The highest BCUT2D eigenvalue weighted by atomic mass is 15.2. The number of hydrogen-bond donors (Lipinski definition) is 1. The van der Waals surface area contributed by atoms with Gasteiger partial charge in [-0.15, -0.1) is 0 Å². The Kier molecular flexibility index (Phi) is 3.85. The van der Waals surface area contributed by atoms with E-state index in [1.54, 1.807) is 0 Å². The van der Waals surface area contributed by atoms with Gasteiger partial charge in [-0.1, -0.05) is 6.07 Å². The maximum atomic E-state index is 4.59. The molecule has 0 radical (unpaired) electrons. The molecule has 2 aliphatic rings. The van der Waals surface area contributed by atoms with Crippen molar-refractivity contribution in [3.05, 3.63) is 29.6 Å². The zero-order chi connectivity index (χ0) is 13.2.